The minimum Gasteiger partial charge on any atom is -0.493 e. The molecule has 2 amide bonds. The van der Waals surface area contributed by atoms with Crippen molar-refractivity contribution in [3.05, 3.63) is 82.9 Å². The first kappa shape index (κ1) is 24.5. The number of carbonyl (C=O) groups is 1. The summed E-state index contributed by atoms with van der Waals surface area (Å²) in [6, 6.07) is 19.5. The van der Waals surface area contributed by atoms with E-state index in [1.807, 2.05) is 60.4 Å². The van der Waals surface area contributed by atoms with Crippen LogP contribution in [-0.2, 0) is 6.42 Å². The van der Waals surface area contributed by atoms with Crippen LogP contribution < -0.4 is 19.5 Å². The molecule has 1 heterocycles. The largest absolute Gasteiger partial charge is 0.493 e. The first-order valence-electron chi connectivity index (χ1n) is 12.0. The third-order valence-electron chi connectivity index (χ3n) is 6.49. The summed E-state index contributed by atoms with van der Waals surface area (Å²) >= 11 is 0. The topological polar surface area (TPSA) is 60.0 Å². The highest BCUT2D eigenvalue weighted by Gasteiger charge is 2.33. The summed E-state index contributed by atoms with van der Waals surface area (Å²) in [6.07, 6.45) is 0.719. The first-order valence-corrected chi connectivity index (χ1v) is 12.0. The van der Waals surface area contributed by atoms with E-state index >= 15 is 0 Å². The molecule has 35 heavy (non-hydrogen) atoms. The van der Waals surface area contributed by atoms with Crippen LogP contribution in [0.1, 0.15) is 48.1 Å². The Morgan fingerprint density at radius 3 is 2.40 bits per heavy atom. The van der Waals surface area contributed by atoms with Crippen LogP contribution in [0.2, 0.25) is 0 Å². The van der Waals surface area contributed by atoms with Crippen LogP contribution in [0.25, 0.3) is 0 Å². The predicted octanol–water partition coefficient (Wildman–Crippen LogP) is 6.35. The molecule has 0 aliphatic carbocycles. The second-order valence-electron chi connectivity index (χ2n) is 9.20. The normalized spacial score (nSPS) is 14.9. The maximum Gasteiger partial charge on any atom is 0.322 e. The van der Waals surface area contributed by atoms with Gasteiger partial charge in [0.2, 0.25) is 0 Å². The quantitative estimate of drug-likeness (QED) is 0.434. The number of aryl methyl sites for hydroxylation is 1. The Morgan fingerprint density at radius 1 is 1.03 bits per heavy atom. The van der Waals surface area contributed by atoms with Crippen LogP contribution in [0.15, 0.2) is 60.7 Å². The van der Waals surface area contributed by atoms with Crippen molar-refractivity contribution in [1.82, 2.24) is 4.90 Å². The Balaban J connectivity index is 1.62. The summed E-state index contributed by atoms with van der Waals surface area (Å²) in [5.41, 5.74) is 5.26. The molecule has 0 saturated heterocycles. The van der Waals surface area contributed by atoms with Crippen molar-refractivity contribution in [2.75, 3.05) is 32.7 Å². The Morgan fingerprint density at radius 2 is 1.74 bits per heavy atom. The molecule has 3 aromatic rings. The zero-order valence-electron chi connectivity index (χ0n) is 21.1. The van der Waals surface area contributed by atoms with E-state index in [4.69, 9.17) is 14.2 Å². The molecule has 0 saturated carbocycles. The number of urea groups is 1. The number of benzene rings is 3. The highest BCUT2D eigenvalue weighted by atomic mass is 16.5. The highest BCUT2D eigenvalue weighted by Crippen LogP contribution is 2.38. The lowest BCUT2D eigenvalue weighted by atomic mass is 9.92. The summed E-state index contributed by atoms with van der Waals surface area (Å²) in [4.78, 5) is 15.3. The SMILES string of the molecule is COc1cc2c(cc1OC)C(COc1ccc(C(C)C)cc1)N(C(=O)Nc1cccc(C)c1)CC2. The maximum absolute atomic E-state index is 13.4. The molecule has 1 N–H and O–H groups in total. The second-order valence-corrected chi connectivity index (χ2v) is 9.20. The van der Waals surface area contributed by atoms with E-state index in [1.54, 1.807) is 14.2 Å². The third kappa shape index (κ3) is 5.53. The second kappa shape index (κ2) is 10.7. The molecule has 1 aliphatic heterocycles. The van der Waals surface area contributed by atoms with E-state index < -0.39 is 0 Å². The Kier molecular flexibility index (Phi) is 7.49. The highest BCUT2D eigenvalue weighted by molar-refractivity contribution is 5.90. The molecule has 1 unspecified atom stereocenters. The van der Waals surface area contributed by atoms with Gasteiger partial charge in [-0.2, -0.15) is 0 Å². The van der Waals surface area contributed by atoms with E-state index in [2.05, 4.69) is 31.3 Å². The fourth-order valence-electron chi connectivity index (χ4n) is 4.49. The first-order chi connectivity index (χ1) is 16.9. The van der Waals surface area contributed by atoms with Gasteiger partial charge in [-0.1, -0.05) is 38.1 Å². The predicted molar refractivity (Wildman–Crippen MR) is 139 cm³/mol. The zero-order valence-corrected chi connectivity index (χ0v) is 21.1. The molecule has 1 aliphatic rings. The number of nitrogens with zero attached hydrogens (tertiary/aromatic N) is 1. The van der Waals surface area contributed by atoms with Gasteiger partial charge in [0, 0.05) is 12.2 Å². The van der Waals surface area contributed by atoms with Gasteiger partial charge in [-0.15, -0.1) is 0 Å². The van der Waals surface area contributed by atoms with Crippen LogP contribution in [0.4, 0.5) is 10.5 Å². The van der Waals surface area contributed by atoms with Crippen molar-refractivity contribution in [1.29, 1.82) is 0 Å². The van der Waals surface area contributed by atoms with Crippen molar-refractivity contribution in [3.8, 4) is 17.2 Å². The number of nitrogens with one attached hydrogen (secondary N) is 1. The molecular formula is C29H34N2O4. The van der Waals surface area contributed by atoms with Crippen molar-refractivity contribution < 1.29 is 19.0 Å². The molecule has 0 radical (unpaired) electrons. The number of hydrogen-bond donors (Lipinski definition) is 1. The van der Waals surface area contributed by atoms with Gasteiger partial charge >= 0.3 is 6.03 Å². The van der Waals surface area contributed by atoms with Crippen LogP contribution >= 0.6 is 0 Å². The van der Waals surface area contributed by atoms with Gasteiger partial charge < -0.3 is 24.4 Å². The summed E-state index contributed by atoms with van der Waals surface area (Å²) in [5.74, 6) is 2.56. The minimum atomic E-state index is -0.284. The maximum atomic E-state index is 13.4. The molecule has 0 spiro atoms. The smallest absolute Gasteiger partial charge is 0.322 e. The van der Waals surface area contributed by atoms with Gasteiger partial charge in [0.1, 0.15) is 12.4 Å². The standard InChI is InChI=1S/C29H34N2O4/c1-19(2)21-9-11-24(12-10-21)35-18-26-25-17-28(34-5)27(33-4)16-22(25)13-14-31(26)29(32)30-23-8-6-7-20(3)15-23/h6-12,15-17,19,26H,13-14,18H2,1-5H3,(H,30,32). The average molecular weight is 475 g/mol. The van der Waals surface area contributed by atoms with Gasteiger partial charge in [-0.25, -0.2) is 4.79 Å². The molecule has 3 aromatic carbocycles. The lowest BCUT2D eigenvalue weighted by Gasteiger charge is -2.37. The molecule has 4 rings (SSSR count). The van der Waals surface area contributed by atoms with Crippen LogP contribution in [-0.4, -0.2) is 38.3 Å². The Bertz CT molecular complexity index is 1170. The van der Waals surface area contributed by atoms with Crippen molar-refractivity contribution >= 4 is 11.7 Å². The Labute approximate surface area is 207 Å². The molecule has 184 valence electrons. The molecule has 0 aromatic heterocycles. The lowest BCUT2D eigenvalue weighted by Crippen LogP contribution is -2.44. The molecule has 0 fully saturated rings. The minimum absolute atomic E-state index is 0.153. The van der Waals surface area contributed by atoms with Gasteiger partial charge in [0.05, 0.1) is 20.3 Å². The van der Waals surface area contributed by atoms with E-state index in [0.29, 0.717) is 30.6 Å². The van der Waals surface area contributed by atoms with Crippen molar-refractivity contribution in [2.45, 2.75) is 39.2 Å². The zero-order chi connectivity index (χ0) is 24.9. The number of hydrogen-bond acceptors (Lipinski definition) is 4. The van der Waals surface area contributed by atoms with Gasteiger partial charge in [0.15, 0.2) is 11.5 Å². The number of methoxy groups -OCH3 is 2. The Hall–Kier alpha value is -3.67. The fraction of sp³-hybridized carbons (Fsp3) is 0.345. The summed E-state index contributed by atoms with van der Waals surface area (Å²) < 4.78 is 17.3. The number of carbonyl (C=O) groups excluding carboxylic acids is 1. The third-order valence-corrected chi connectivity index (χ3v) is 6.49. The van der Waals surface area contributed by atoms with Crippen LogP contribution in [0.3, 0.4) is 0 Å². The van der Waals surface area contributed by atoms with Crippen molar-refractivity contribution in [2.24, 2.45) is 0 Å². The molecule has 0 bridgehead atoms. The summed E-state index contributed by atoms with van der Waals surface area (Å²) in [5, 5.41) is 3.06. The fourth-order valence-corrected chi connectivity index (χ4v) is 4.49. The van der Waals surface area contributed by atoms with E-state index in [1.165, 1.54) is 5.56 Å². The number of ether oxygens (including phenoxy) is 3. The molecular weight excluding hydrogens is 440 g/mol. The van der Waals surface area contributed by atoms with E-state index in [0.717, 1.165) is 34.5 Å². The van der Waals surface area contributed by atoms with Crippen LogP contribution in [0.5, 0.6) is 17.2 Å². The summed E-state index contributed by atoms with van der Waals surface area (Å²) in [7, 11) is 3.26. The molecule has 1 atom stereocenters. The molecule has 6 heteroatoms. The lowest BCUT2D eigenvalue weighted by molar-refractivity contribution is 0.144. The molecule has 6 nitrogen and oxygen atoms in total. The van der Waals surface area contributed by atoms with Gasteiger partial charge in [-0.05, 0) is 77.9 Å². The van der Waals surface area contributed by atoms with Crippen molar-refractivity contribution in [3.63, 3.8) is 0 Å². The summed E-state index contributed by atoms with van der Waals surface area (Å²) in [6.45, 7) is 7.24. The average Bonchev–Trinajstić information content (AvgIpc) is 2.86. The van der Waals surface area contributed by atoms with Gasteiger partial charge in [0.25, 0.3) is 0 Å². The number of rotatable bonds is 7. The number of anilines is 1. The van der Waals surface area contributed by atoms with Crippen LogP contribution in [0, 0.1) is 6.92 Å². The van der Waals surface area contributed by atoms with E-state index in [-0.39, 0.29) is 12.1 Å². The monoisotopic (exact) mass is 474 g/mol. The number of fused-ring (bicyclic) bond motifs is 1. The van der Waals surface area contributed by atoms with Gasteiger partial charge in [-0.3, -0.25) is 0 Å². The number of amides is 2. The van der Waals surface area contributed by atoms with E-state index in [9.17, 15) is 4.79 Å².